The smallest absolute Gasteiger partial charge is 0.233 e. The van der Waals surface area contributed by atoms with Gasteiger partial charge >= 0.3 is 0 Å². The molecule has 8 heteroatoms. The van der Waals surface area contributed by atoms with E-state index in [-0.39, 0.29) is 12.0 Å². The van der Waals surface area contributed by atoms with Crippen molar-refractivity contribution in [2.75, 3.05) is 38.6 Å². The minimum atomic E-state index is -0.556. The maximum Gasteiger partial charge on any atom is 0.233 e. The number of rotatable bonds is 3. The predicted molar refractivity (Wildman–Crippen MR) is 115 cm³/mol. The van der Waals surface area contributed by atoms with Gasteiger partial charge in [-0.3, -0.25) is 4.79 Å². The molecule has 0 spiro atoms. The average Bonchev–Trinajstić information content (AvgIpc) is 2.84. The van der Waals surface area contributed by atoms with Crippen LogP contribution in [0.5, 0.6) is 0 Å². The zero-order valence-corrected chi connectivity index (χ0v) is 17.2. The lowest BCUT2D eigenvalue weighted by atomic mass is 9.73. The zero-order valence-electron chi connectivity index (χ0n) is 17.2. The molecule has 0 aliphatic carbocycles. The van der Waals surface area contributed by atoms with Crippen LogP contribution in [-0.2, 0) is 19.7 Å². The van der Waals surface area contributed by atoms with Gasteiger partial charge in [0, 0.05) is 19.8 Å². The van der Waals surface area contributed by atoms with Gasteiger partial charge < -0.3 is 20.1 Å². The fourth-order valence-corrected chi connectivity index (χ4v) is 4.57. The second kappa shape index (κ2) is 8.20. The summed E-state index contributed by atoms with van der Waals surface area (Å²) in [5.41, 5.74) is 7.69. The summed E-state index contributed by atoms with van der Waals surface area (Å²) in [6, 6.07) is 13.8. The Hall–Kier alpha value is -3.10. The highest BCUT2D eigenvalue weighted by Gasteiger charge is 2.45. The number of carbonyl (C=O) groups excluding carboxylic acids is 1. The number of benzene rings is 1. The van der Waals surface area contributed by atoms with E-state index >= 15 is 0 Å². The first-order valence-corrected chi connectivity index (χ1v) is 10.6. The summed E-state index contributed by atoms with van der Waals surface area (Å²) in [5, 5.41) is 0.709. The SMILES string of the molecule is Nc1ncnc2nc(C3CN(C(=O)C4(c5ccccc5)CCOCC4)CCO3)ccc12. The Morgan fingerprint density at radius 1 is 1.06 bits per heavy atom. The van der Waals surface area contributed by atoms with E-state index in [1.165, 1.54) is 6.33 Å². The molecule has 1 aromatic carbocycles. The molecule has 2 aromatic heterocycles. The van der Waals surface area contributed by atoms with Crippen molar-refractivity contribution in [3.63, 3.8) is 0 Å². The van der Waals surface area contributed by atoms with E-state index < -0.39 is 5.41 Å². The van der Waals surface area contributed by atoms with Crippen molar-refractivity contribution in [2.24, 2.45) is 0 Å². The number of hydrogen-bond acceptors (Lipinski definition) is 7. The Kier molecular flexibility index (Phi) is 5.25. The van der Waals surface area contributed by atoms with Gasteiger partial charge in [-0.15, -0.1) is 0 Å². The summed E-state index contributed by atoms with van der Waals surface area (Å²) < 4.78 is 11.6. The fraction of sp³-hybridized carbons (Fsp3) is 0.391. The van der Waals surface area contributed by atoms with Gasteiger partial charge in [0.1, 0.15) is 18.2 Å². The number of hydrogen-bond donors (Lipinski definition) is 1. The van der Waals surface area contributed by atoms with Crippen LogP contribution in [0.3, 0.4) is 0 Å². The van der Waals surface area contributed by atoms with E-state index in [9.17, 15) is 4.79 Å². The minimum Gasteiger partial charge on any atom is -0.383 e. The van der Waals surface area contributed by atoms with Crippen LogP contribution in [0.2, 0.25) is 0 Å². The number of nitrogens with zero attached hydrogens (tertiary/aromatic N) is 4. The van der Waals surface area contributed by atoms with Crippen molar-refractivity contribution in [1.29, 1.82) is 0 Å². The molecule has 160 valence electrons. The highest BCUT2D eigenvalue weighted by molar-refractivity contribution is 5.88. The molecule has 2 N–H and O–H groups in total. The van der Waals surface area contributed by atoms with Crippen LogP contribution in [-0.4, -0.2) is 58.7 Å². The monoisotopic (exact) mass is 419 g/mol. The van der Waals surface area contributed by atoms with Gasteiger partial charge in [-0.1, -0.05) is 30.3 Å². The average molecular weight is 419 g/mol. The van der Waals surface area contributed by atoms with Crippen molar-refractivity contribution < 1.29 is 14.3 Å². The van der Waals surface area contributed by atoms with E-state index in [0.717, 1.165) is 11.3 Å². The second-order valence-corrected chi connectivity index (χ2v) is 8.04. The lowest BCUT2D eigenvalue weighted by molar-refractivity contribution is -0.149. The molecular formula is C23H25N5O3. The molecule has 0 radical (unpaired) electrons. The highest BCUT2D eigenvalue weighted by Crippen LogP contribution is 2.38. The molecule has 2 fully saturated rings. The van der Waals surface area contributed by atoms with E-state index in [1.54, 1.807) is 0 Å². The summed E-state index contributed by atoms with van der Waals surface area (Å²) in [7, 11) is 0. The molecule has 5 rings (SSSR count). The molecule has 2 aliphatic heterocycles. The zero-order chi connectivity index (χ0) is 21.3. The number of pyridine rings is 1. The predicted octanol–water partition coefficient (Wildman–Crippen LogP) is 2.26. The minimum absolute atomic E-state index is 0.141. The van der Waals surface area contributed by atoms with Crippen molar-refractivity contribution in [3.05, 3.63) is 60.0 Å². The van der Waals surface area contributed by atoms with Crippen molar-refractivity contribution in [3.8, 4) is 0 Å². The molecule has 2 aliphatic rings. The number of carbonyl (C=O) groups is 1. The number of nitrogen functional groups attached to an aromatic ring is 1. The number of fused-ring (bicyclic) bond motifs is 1. The number of anilines is 1. The third-order valence-electron chi connectivity index (χ3n) is 6.32. The van der Waals surface area contributed by atoms with Crippen LogP contribution in [0.1, 0.15) is 30.2 Å². The van der Waals surface area contributed by atoms with Crippen LogP contribution < -0.4 is 5.73 Å². The quantitative estimate of drug-likeness (QED) is 0.694. The van der Waals surface area contributed by atoms with Crippen LogP contribution in [0.4, 0.5) is 5.82 Å². The van der Waals surface area contributed by atoms with Crippen molar-refractivity contribution >= 4 is 22.8 Å². The normalized spacial score (nSPS) is 21.2. The Bertz CT molecular complexity index is 1090. The number of ether oxygens (including phenoxy) is 2. The third-order valence-corrected chi connectivity index (χ3v) is 6.32. The Balaban J connectivity index is 1.42. The maximum atomic E-state index is 13.9. The lowest BCUT2D eigenvalue weighted by Crippen LogP contribution is -2.53. The first-order valence-electron chi connectivity index (χ1n) is 10.6. The highest BCUT2D eigenvalue weighted by atomic mass is 16.5. The van der Waals surface area contributed by atoms with Crippen LogP contribution in [0, 0.1) is 0 Å². The van der Waals surface area contributed by atoms with Gasteiger partial charge in [0.25, 0.3) is 0 Å². The summed E-state index contributed by atoms with van der Waals surface area (Å²) in [6.45, 7) is 2.65. The van der Waals surface area contributed by atoms with Gasteiger partial charge in [-0.05, 0) is 30.5 Å². The molecule has 1 unspecified atom stereocenters. The van der Waals surface area contributed by atoms with E-state index in [2.05, 4.69) is 27.1 Å². The third kappa shape index (κ3) is 3.62. The Morgan fingerprint density at radius 2 is 1.87 bits per heavy atom. The van der Waals surface area contributed by atoms with Gasteiger partial charge in [0.05, 0.1) is 29.6 Å². The Labute approximate surface area is 180 Å². The number of aromatic nitrogens is 3. The molecular weight excluding hydrogens is 394 g/mol. The fourth-order valence-electron chi connectivity index (χ4n) is 4.57. The molecule has 8 nitrogen and oxygen atoms in total. The van der Waals surface area contributed by atoms with Crippen LogP contribution in [0.25, 0.3) is 11.0 Å². The van der Waals surface area contributed by atoms with Crippen LogP contribution in [0.15, 0.2) is 48.8 Å². The topological polar surface area (TPSA) is 103 Å². The molecule has 1 atom stereocenters. The Morgan fingerprint density at radius 3 is 2.68 bits per heavy atom. The molecule has 3 aromatic rings. The van der Waals surface area contributed by atoms with E-state index in [0.29, 0.717) is 62.6 Å². The molecule has 0 bridgehead atoms. The van der Waals surface area contributed by atoms with Gasteiger partial charge in [0.15, 0.2) is 5.65 Å². The lowest BCUT2D eigenvalue weighted by Gasteiger charge is -2.42. The number of nitrogens with two attached hydrogens (primary N) is 1. The standard InChI is InChI=1S/C23H25N5O3/c24-20-17-6-7-18(27-21(17)26-15-25-20)19-14-28(10-13-31-19)22(29)23(8-11-30-12-9-23)16-4-2-1-3-5-16/h1-7,15,19H,8-14H2,(H2,24,25,26,27). The molecule has 4 heterocycles. The maximum absolute atomic E-state index is 13.9. The van der Waals surface area contributed by atoms with Crippen molar-refractivity contribution in [2.45, 2.75) is 24.4 Å². The van der Waals surface area contributed by atoms with Crippen molar-refractivity contribution in [1.82, 2.24) is 19.9 Å². The van der Waals surface area contributed by atoms with Gasteiger partial charge in [0.2, 0.25) is 5.91 Å². The van der Waals surface area contributed by atoms with Gasteiger partial charge in [-0.2, -0.15) is 0 Å². The molecule has 31 heavy (non-hydrogen) atoms. The van der Waals surface area contributed by atoms with Gasteiger partial charge in [-0.25, -0.2) is 15.0 Å². The first-order chi connectivity index (χ1) is 15.2. The largest absolute Gasteiger partial charge is 0.383 e. The molecule has 2 saturated heterocycles. The molecule has 1 amide bonds. The summed E-state index contributed by atoms with van der Waals surface area (Å²) in [6.07, 6.45) is 2.46. The number of amides is 1. The molecule has 0 saturated carbocycles. The summed E-state index contributed by atoms with van der Waals surface area (Å²) >= 11 is 0. The summed E-state index contributed by atoms with van der Waals surface area (Å²) in [4.78, 5) is 28.6. The first kappa shape index (κ1) is 19.8. The second-order valence-electron chi connectivity index (χ2n) is 8.04. The number of morpholine rings is 1. The van der Waals surface area contributed by atoms with Crippen LogP contribution >= 0.6 is 0 Å². The van der Waals surface area contributed by atoms with E-state index in [4.69, 9.17) is 15.2 Å². The summed E-state index contributed by atoms with van der Waals surface area (Å²) in [5.74, 6) is 0.539. The van der Waals surface area contributed by atoms with E-state index in [1.807, 2.05) is 35.2 Å².